The van der Waals surface area contributed by atoms with E-state index in [1.165, 1.54) is 48.6 Å². The summed E-state index contributed by atoms with van der Waals surface area (Å²) in [5.41, 5.74) is 10.5. The second kappa shape index (κ2) is 12.6. The van der Waals surface area contributed by atoms with Gasteiger partial charge in [-0.05, 0) is 68.4 Å². The molecule has 0 spiro atoms. The van der Waals surface area contributed by atoms with Crippen molar-refractivity contribution in [2.24, 2.45) is 0 Å². The van der Waals surface area contributed by atoms with E-state index in [-0.39, 0.29) is 0 Å². The monoisotopic (exact) mass is 699 g/mol. The Morgan fingerprint density at radius 2 is 0.855 bits per heavy atom. The highest BCUT2D eigenvalue weighted by Crippen LogP contribution is 2.43. The van der Waals surface area contributed by atoms with Crippen molar-refractivity contribution in [3.05, 3.63) is 200 Å². The lowest BCUT2D eigenvalue weighted by Crippen LogP contribution is -1.99. The molecule has 55 heavy (non-hydrogen) atoms. The predicted octanol–water partition coefficient (Wildman–Crippen LogP) is 13.7. The lowest BCUT2D eigenvalue weighted by Gasteiger charge is -2.14. The third kappa shape index (κ3) is 5.05. The van der Waals surface area contributed by atoms with Crippen LogP contribution in [0.15, 0.2) is 200 Å². The maximum absolute atomic E-state index is 5.32. The summed E-state index contributed by atoms with van der Waals surface area (Å²) in [5, 5.41) is 10.2. The Morgan fingerprint density at radius 3 is 1.60 bits per heavy atom. The van der Waals surface area contributed by atoms with Crippen LogP contribution in [0.1, 0.15) is 0 Å². The van der Waals surface area contributed by atoms with Crippen molar-refractivity contribution in [2.75, 3.05) is 0 Å². The summed E-state index contributed by atoms with van der Waals surface area (Å²) in [7, 11) is 0. The summed E-state index contributed by atoms with van der Waals surface area (Å²) in [5.74, 6) is 0.685. The van der Waals surface area contributed by atoms with Gasteiger partial charge in [0.2, 0.25) is 0 Å². The number of hydrogen-bond donors (Lipinski definition) is 0. The largest absolute Gasteiger partial charge is 0.309 e. The smallest absolute Gasteiger partial charge is 0.160 e. The lowest BCUT2D eigenvalue weighted by molar-refractivity contribution is 1.16. The second-order valence-corrected chi connectivity index (χ2v) is 14.1. The highest BCUT2D eigenvalue weighted by molar-refractivity contribution is 6.35. The van der Waals surface area contributed by atoms with E-state index in [4.69, 9.17) is 9.97 Å². The van der Waals surface area contributed by atoms with Gasteiger partial charge in [0.25, 0.3) is 0 Å². The van der Waals surface area contributed by atoms with Gasteiger partial charge in [-0.1, -0.05) is 170 Å². The minimum Gasteiger partial charge on any atom is -0.309 e. The number of rotatable bonds is 5. The summed E-state index contributed by atoms with van der Waals surface area (Å²) in [4.78, 5) is 10.5. The van der Waals surface area contributed by atoms with Crippen molar-refractivity contribution >= 4 is 54.1 Å². The average molecular weight is 700 g/mol. The van der Waals surface area contributed by atoms with Crippen LogP contribution in [-0.4, -0.2) is 14.5 Å². The van der Waals surface area contributed by atoms with Crippen LogP contribution in [0.4, 0.5) is 0 Å². The number of benzene rings is 9. The molecule has 11 rings (SSSR count). The van der Waals surface area contributed by atoms with Gasteiger partial charge in [0.1, 0.15) is 0 Å². The molecule has 0 saturated heterocycles. The third-order valence-corrected chi connectivity index (χ3v) is 11.0. The molecular weight excluding hydrogens is 667 g/mol. The fourth-order valence-electron chi connectivity index (χ4n) is 8.56. The molecule has 11 aromatic rings. The van der Waals surface area contributed by atoms with Gasteiger partial charge < -0.3 is 4.57 Å². The summed E-state index contributed by atoms with van der Waals surface area (Å²) in [6, 6.07) is 71.3. The van der Waals surface area contributed by atoms with E-state index in [0.29, 0.717) is 5.82 Å². The number of aromatic nitrogens is 3. The third-order valence-electron chi connectivity index (χ3n) is 11.0. The number of fused-ring (bicyclic) bond motifs is 10. The molecular formula is C52H33N3. The Hall–Kier alpha value is -7.36. The fourth-order valence-corrected chi connectivity index (χ4v) is 8.56. The van der Waals surface area contributed by atoms with E-state index in [1.54, 1.807) is 0 Å². The zero-order chi connectivity index (χ0) is 36.3. The van der Waals surface area contributed by atoms with Crippen molar-refractivity contribution in [2.45, 2.75) is 0 Å². The summed E-state index contributed by atoms with van der Waals surface area (Å²) >= 11 is 0. The molecule has 0 aliphatic heterocycles. The molecule has 0 N–H and O–H groups in total. The van der Waals surface area contributed by atoms with E-state index < -0.39 is 0 Å². The van der Waals surface area contributed by atoms with Gasteiger partial charge in [-0.2, -0.15) is 0 Å². The second-order valence-electron chi connectivity index (χ2n) is 14.1. The fraction of sp³-hybridized carbons (Fsp3) is 0. The van der Waals surface area contributed by atoms with Gasteiger partial charge in [-0.15, -0.1) is 0 Å². The maximum atomic E-state index is 5.32. The molecule has 0 radical (unpaired) electrons. The van der Waals surface area contributed by atoms with E-state index in [1.807, 2.05) is 6.07 Å². The van der Waals surface area contributed by atoms with Crippen LogP contribution in [0.2, 0.25) is 0 Å². The summed E-state index contributed by atoms with van der Waals surface area (Å²) in [6.07, 6.45) is 0. The van der Waals surface area contributed by atoms with E-state index in [0.717, 1.165) is 50.4 Å². The first-order chi connectivity index (χ1) is 27.3. The maximum Gasteiger partial charge on any atom is 0.160 e. The molecule has 3 nitrogen and oxygen atoms in total. The standard InChI is InChI=1S/C52H33N3/c1-3-16-34(17-4-1)38-22-7-11-26-42(38)47-33-46(35-18-5-2-6-19-35)53-52(54-47)36-20-15-21-37(32-36)55-48-29-14-13-28-45(48)51-49(55)31-30-44-41-25-9-8-23-39(41)40-24-10-12-27-43(40)50(44)51/h1-33H. The van der Waals surface area contributed by atoms with Crippen LogP contribution in [0.25, 0.3) is 105 Å². The van der Waals surface area contributed by atoms with Crippen LogP contribution in [0.3, 0.4) is 0 Å². The zero-order valence-electron chi connectivity index (χ0n) is 29.9. The normalized spacial score (nSPS) is 11.6. The van der Waals surface area contributed by atoms with Gasteiger partial charge in [-0.25, -0.2) is 9.97 Å². The molecule has 0 amide bonds. The Bertz CT molecular complexity index is 3220. The minimum atomic E-state index is 0.685. The Kier molecular flexibility index (Phi) is 7.17. The van der Waals surface area contributed by atoms with E-state index >= 15 is 0 Å². The first-order valence-corrected chi connectivity index (χ1v) is 18.8. The molecule has 0 aliphatic rings. The van der Waals surface area contributed by atoms with Crippen molar-refractivity contribution < 1.29 is 0 Å². The Balaban J connectivity index is 1.15. The SMILES string of the molecule is c1ccc(-c2cc(-c3ccccc3-c3ccccc3)nc(-c3cccc(-n4c5ccccc5c5c6c7ccccc7c7ccccc7c6ccc54)c3)n2)cc1. The molecule has 2 heterocycles. The minimum absolute atomic E-state index is 0.685. The van der Waals surface area contributed by atoms with E-state index in [2.05, 4.69) is 199 Å². The highest BCUT2D eigenvalue weighted by Gasteiger charge is 2.20. The molecule has 0 unspecified atom stereocenters. The number of nitrogens with zero attached hydrogens (tertiary/aromatic N) is 3. The van der Waals surface area contributed by atoms with Crippen LogP contribution in [0.5, 0.6) is 0 Å². The molecule has 0 fully saturated rings. The van der Waals surface area contributed by atoms with E-state index in [9.17, 15) is 0 Å². The van der Waals surface area contributed by atoms with Crippen molar-refractivity contribution in [1.29, 1.82) is 0 Å². The number of hydrogen-bond acceptors (Lipinski definition) is 2. The predicted molar refractivity (Wildman–Crippen MR) is 231 cm³/mol. The Labute approximate surface area is 318 Å². The van der Waals surface area contributed by atoms with Crippen molar-refractivity contribution in [1.82, 2.24) is 14.5 Å². The average Bonchev–Trinajstić information content (AvgIpc) is 3.61. The molecule has 9 aromatic carbocycles. The van der Waals surface area contributed by atoms with Gasteiger partial charge in [0, 0.05) is 38.5 Å². The molecule has 256 valence electrons. The highest BCUT2D eigenvalue weighted by atomic mass is 15.0. The van der Waals surface area contributed by atoms with Crippen LogP contribution in [-0.2, 0) is 0 Å². The van der Waals surface area contributed by atoms with Crippen molar-refractivity contribution in [3.63, 3.8) is 0 Å². The first-order valence-electron chi connectivity index (χ1n) is 18.8. The quantitative estimate of drug-likeness (QED) is 0.167. The van der Waals surface area contributed by atoms with Gasteiger partial charge in [0.15, 0.2) is 5.82 Å². The zero-order valence-corrected chi connectivity index (χ0v) is 29.9. The molecule has 3 heteroatoms. The van der Waals surface area contributed by atoms with Crippen LogP contribution >= 0.6 is 0 Å². The Morgan fingerprint density at radius 1 is 0.309 bits per heavy atom. The summed E-state index contributed by atoms with van der Waals surface area (Å²) in [6.45, 7) is 0. The van der Waals surface area contributed by atoms with Gasteiger partial charge in [0.05, 0.1) is 22.4 Å². The van der Waals surface area contributed by atoms with Crippen molar-refractivity contribution in [3.8, 4) is 50.7 Å². The topological polar surface area (TPSA) is 30.7 Å². The van der Waals surface area contributed by atoms with Gasteiger partial charge in [-0.3, -0.25) is 0 Å². The molecule has 0 bridgehead atoms. The van der Waals surface area contributed by atoms with Crippen LogP contribution < -0.4 is 0 Å². The van der Waals surface area contributed by atoms with Gasteiger partial charge >= 0.3 is 0 Å². The number of para-hydroxylation sites is 1. The first kappa shape index (κ1) is 31.2. The molecule has 0 aliphatic carbocycles. The lowest BCUT2D eigenvalue weighted by atomic mass is 9.92. The molecule has 0 atom stereocenters. The molecule has 0 saturated carbocycles. The summed E-state index contributed by atoms with van der Waals surface area (Å²) < 4.78 is 2.41. The molecule has 2 aromatic heterocycles. The van der Waals surface area contributed by atoms with Crippen LogP contribution in [0, 0.1) is 0 Å².